The molecule has 0 atom stereocenters. The smallest absolute Gasteiger partial charge is 0.163 e. The molecule has 2 heterocycles. The molecule has 0 bridgehead atoms. The van der Waals surface area contributed by atoms with Crippen molar-refractivity contribution in [3.8, 4) is 11.5 Å². The third kappa shape index (κ3) is 3.40. The molecule has 0 amide bonds. The number of hydrogen-bond donors (Lipinski definition) is 2. The zero-order chi connectivity index (χ0) is 14.7. The van der Waals surface area contributed by atoms with Crippen molar-refractivity contribution in [2.45, 2.75) is 6.54 Å². The SMILES string of the molecule is Nc1cc2c(cc1CN1CCN(CCO)CC1)OCCO2. The molecule has 0 aliphatic carbocycles. The molecule has 3 N–H and O–H groups in total. The number of piperazine rings is 1. The van der Waals surface area contributed by atoms with E-state index in [0.717, 1.165) is 62.0 Å². The van der Waals surface area contributed by atoms with E-state index < -0.39 is 0 Å². The lowest BCUT2D eigenvalue weighted by atomic mass is 10.1. The zero-order valence-corrected chi connectivity index (χ0v) is 12.3. The van der Waals surface area contributed by atoms with E-state index in [4.69, 9.17) is 20.3 Å². The van der Waals surface area contributed by atoms with Gasteiger partial charge in [-0.1, -0.05) is 0 Å². The highest BCUT2D eigenvalue weighted by atomic mass is 16.6. The number of aliphatic hydroxyl groups excluding tert-OH is 1. The minimum Gasteiger partial charge on any atom is -0.486 e. The molecule has 0 aromatic heterocycles. The minimum absolute atomic E-state index is 0.231. The molecule has 0 spiro atoms. The molecule has 1 saturated heterocycles. The van der Waals surface area contributed by atoms with Gasteiger partial charge in [0, 0.05) is 51.0 Å². The lowest BCUT2D eigenvalue weighted by Gasteiger charge is -2.34. The van der Waals surface area contributed by atoms with E-state index in [2.05, 4.69) is 9.80 Å². The highest BCUT2D eigenvalue weighted by molar-refractivity contribution is 5.58. The summed E-state index contributed by atoms with van der Waals surface area (Å²) in [5.41, 5.74) is 7.98. The van der Waals surface area contributed by atoms with Gasteiger partial charge in [-0.25, -0.2) is 0 Å². The first-order valence-corrected chi connectivity index (χ1v) is 7.50. The van der Waals surface area contributed by atoms with Crippen LogP contribution in [-0.2, 0) is 6.54 Å². The van der Waals surface area contributed by atoms with Crippen molar-refractivity contribution in [2.75, 3.05) is 58.3 Å². The molecule has 21 heavy (non-hydrogen) atoms. The van der Waals surface area contributed by atoms with Crippen molar-refractivity contribution in [2.24, 2.45) is 0 Å². The quantitative estimate of drug-likeness (QED) is 0.770. The Labute approximate surface area is 125 Å². The summed E-state index contributed by atoms with van der Waals surface area (Å²) >= 11 is 0. The lowest BCUT2D eigenvalue weighted by molar-refractivity contribution is 0.108. The van der Waals surface area contributed by atoms with E-state index in [9.17, 15) is 0 Å². The number of anilines is 1. The van der Waals surface area contributed by atoms with Crippen LogP contribution in [0.15, 0.2) is 12.1 Å². The van der Waals surface area contributed by atoms with Crippen LogP contribution < -0.4 is 15.2 Å². The van der Waals surface area contributed by atoms with Gasteiger partial charge >= 0.3 is 0 Å². The predicted molar refractivity (Wildman–Crippen MR) is 80.6 cm³/mol. The number of benzene rings is 1. The van der Waals surface area contributed by atoms with Gasteiger partial charge in [-0.15, -0.1) is 0 Å². The monoisotopic (exact) mass is 293 g/mol. The molecule has 0 radical (unpaired) electrons. The fraction of sp³-hybridized carbons (Fsp3) is 0.600. The second-order valence-electron chi connectivity index (χ2n) is 5.54. The van der Waals surface area contributed by atoms with E-state index in [-0.39, 0.29) is 6.61 Å². The molecule has 2 aliphatic heterocycles. The van der Waals surface area contributed by atoms with Crippen molar-refractivity contribution in [1.82, 2.24) is 9.80 Å². The summed E-state index contributed by atoms with van der Waals surface area (Å²) in [6.45, 7) is 6.97. The Bertz CT molecular complexity index is 487. The van der Waals surface area contributed by atoms with Crippen LogP contribution in [0.1, 0.15) is 5.56 Å². The summed E-state index contributed by atoms with van der Waals surface area (Å²) in [5.74, 6) is 1.54. The third-order valence-electron chi connectivity index (χ3n) is 4.08. The fourth-order valence-corrected chi connectivity index (χ4v) is 2.84. The molecule has 3 rings (SSSR count). The maximum Gasteiger partial charge on any atom is 0.163 e. The fourth-order valence-electron chi connectivity index (χ4n) is 2.84. The molecular formula is C15H23N3O3. The molecule has 1 fully saturated rings. The van der Waals surface area contributed by atoms with Gasteiger partial charge in [0.15, 0.2) is 11.5 Å². The molecule has 0 unspecified atom stereocenters. The normalized spacial score (nSPS) is 19.7. The van der Waals surface area contributed by atoms with Gasteiger partial charge < -0.3 is 20.3 Å². The number of ether oxygens (including phenoxy) is 2. The number of hydrogen-bond acceptors (Lipinski definition) is 6. The van der Waals surface area contributed by atoms with Gasteiger partial charge in [0.05, 0.1) is 6.61 Å². The molecule has 0 saturated carbocycles. The number of nitrogens with zero attached hydrogens (tertiary/aromatic N) is 2. The molecule has 1 aromatic rings. The van der Waals surface area contributed by atoms with Crippen molar-refractivity contribution >= 4 is 5.69 Å². The Hall–Kier alpha value is -1.50. The summed E-state index contributed by atoms with van der Waals surface area (Å²) in [5, 5.41) is 8.97. The van der Waals surface area contributed by atoms with Crippen LogP contribution in [0.2, 0.25) is 0 Å². The number of β-amino-alcohol motifs (C(OH)–C–C–N with tert-alkyl or cyclic N) is 1. The van der Waals surface area contributed by atoms with E-state index in [0.29, 0.717) is 13.2 Å². The first-order chi connectivity index (χ1) is 10.3. The van der Waals surface area contributed by atoms with Crippen LogP contribution in [0.5, 0.6) is 11.5 Å². The maximum atomic E-state index is 8.97. The average molecular weight is 293 g/mol. The topological polar surface area (TPSA) is 71.2 Å². The van der Waals surface area contributed by atoms with E-state index >= 15 is 0 Å². The van der Waals surface area contributed by atoms with Crippen LogP contribution in [0, 0.1) is 0 Å². The highest BCUT2D eigenvalue weighted by Crippen LogP contribution is 2.34. The van der Waals surface area contributed by atoms with E-state index in [1.54, 1.807) is 0 Å². The lowest BCUT2D eigenvalue weighted by Crippen LogP contribution is -2.46. The van der Waals surface area contributed by atoms with Gasteiger partial charge in [0.1, 0.15) is 13.2 Å². The Morgan fingerprint density at radius 2 is 1.62 bits per heavy atom. The number of nitrogens with two attached hydrogens (primary N) is 1. The van der Waals surface area contributed by atoms with Crippen LogP contribution in [0.3, 0.4) is 0 Å². The second-order valence-corrected chi connectivity index (χ2v) is 5.54. The number of nitrogen functional groups attached to an aromatic ring is 1. The van der Waals surface area contributed by atoms with Gasteiger partial charge in [0.2, 0.25) is 0 Å². The first-order valence-electron chi connectivity index (χ1n) is 7.50. The van der Waals surface area contributed by atoms with Gasteiger partial charge in [-0.2, -0.15) is 0 Å². The molecule has 6 heteroatoms. The zero-order valence-electron chi connectivity index (χ0n) is 12.3. The summed E-state index contributed by atoms with van der Waals surface area (Å²) in [6, 6.07) is 3.87. The highest BCUT2D eigenvalue weighted by Gasteiger charge is 2.19. The van der Waals surface area contributed by atoms with Gasteiger partial charge in [-0.05, 0) is 11.6 Å². The summed E-state index contributed by atoms with van der Waals surface area (Å²) in [4.78, 5) is 4.67. The van der Waals surface area contributed by atoms with Crippen molar-refractivity contribution in [3.63, 3.8) is 0 Å². The van der Waals surface area contributed by atoms with E-state index in [1.807, 2.05) is 12.1 Å². The van der Waals surface area contributed by atoms with Crippen molar-refractivity contribution in [3.05, 3.63) is 17.7 Å². The Morgan fingerprint density at radius 1 is 1.00 bits per heavy atom. The molecule has 116 valence electrons. The predicted octanol–water partition coefficient (Wildman–Crippen LogP) is 0.150. The van der Waals surface area contributed by atoms with Crippen LogP contribution in [0.4, 0.5) is 5.69 Å². The van der Waals surface area contributed by atoms with Gasteiger partial charge in [-0.3, -0.25) is 9.80 Å². The van der Waals surface area contributed by atoms with Crippen molar-refractivity contribution in [1.29, 1.82) is 0 Å². The number of aliphatic hydroxyl groups is 1. The second kappa shape index (κ2) is 6.51. The largest absolute Gasteiger partial charge is 0.486 e. The maximum absolute atomic E-state index is 8.97. The van der Waals surface area contributed by atoms with Gasteiger partial charge in [0.25, 0.3) is 0 Å². The molecular weight excluding hydrogens is 270 g/mol. The molecule has 1 aromatic carbocycles. The Kier molecular flexibility index (Phi) is 4.48. The molecule has 2 aliphatic rings. The van der Waals surface area contributed by atoms with Crippen molar-refractivity contribution < 1.29 is 14.6 Å². The number of rotatable bonds is 4. The average Bonchev–Trinajstić information content (AvgIpc) is 2.50. The number of fused-ring (bicyclic) bond motifs is 1. The Morgan fingerprint density at radius 3 is 2.29 bits per heavy atom. The Balaban J connectivity index is 1.63. The minimum atomic E-state index is 0.231. The van der Waals surface area contributed by atoms with E-state index in [1.165, 1.54) is 0 Å². The molecule has 6 nitrogen and oxygen atoms in total. The van der Waals surface area contributed by atoms with Crippen LogP contribution >= 0.6 is 0 Å². The van der Waals surface area contributed by atoms with Crippen LogP contribution in [0.25, 0.3) is 0 Å². The standard InChI is InChI=1S/C15H23N3O3/c16-13-10-15-14(20-7-8-21-15)9-12(13)11-18-3-1-17(2-4-18)5-6-19/h9-10,19H,1-8,11,16H2. The third-order valence-corrected chi connectivity index (χ3v) is 4.08. The summed E-state index contributed by atoms with van der Waals surface area (Å²) in [7, 11) is 0. The summed E-state index contributed by atoms with van der Waals surface area (Å²) < 4.78 is 11.2. The summed E-state index contributed by atoms with van der Waals surface area (Å²) in [6.07, 6.45) is 0. The first kappa shape index (κ1) is 14.4. The van der Waals surface area contributed by atoms with Crippen LogP contribution in [-0.4, -0.2) is 67.5 Å².